The molecule has 4 aromatic rings. The predicted octanol–water partition coefficient (Wildman–Crippen LogP) is 4.71. The Morgan fingerprint density at radius 3 is 2.49 bits per heavy atom. The van der Waals surface area contributed by atoms with E-state index in [1.54, 1.807) is 18.2 Å². The van der Waals surface area contributed by atoms with Gasteiger partial charge in [0.2, 0.25) is 0 Å². The fraction of sp³-hybridized carbons (Fsp3) is 0.0417. The van der Waals surface area contributed by atoms with E-state index in [4.69, 9.17) is 4.74 Å². The SMILES string of the molecule is COc1ccc(NS(=O)(=O)c2cc([N+](=O)[O-])ccc2NN=Cc2c(O)ccc3ccccc23)cc1. The van der Waals surface area contributed by atoms with Crippen molar-refractivity contribution < 1.29 is 23.2 Å². The number of nitrogens with zero attached hydrogens (tertiary/aromatic N) is 2. The summed E-state index contributed by atoms with van der Waals surface area (Å²) in [5.41, 5.74) is 2.90. The first-order chi connectivity index (χ1) is 16.8. The van der Waals surface area contributed by atoms with Crippen LogP contribution >= 0.6 is 0 Å². The molecule has 0 bridgehead atoms. The molecular formula is C24H20N4O6S. The maximum atomic E-state index is 13.1. The van der Waals surface area contributed by atoms with E-state index in [0.29, 0.717) is 11.3 Å². The van der Waals surface area contributed by atoms with E-state index in [9.17, 15) is 23.6 Å². The van der Waals surface area contributed by atoms with E-state index in [1.807, 2.05) is 24.3 Å². The maximum absolute atomic E-state index is 13.1. The van der Waals surface area contributed by atoms with Gasteiger partial charge in [-0.05, 0) is 47.2 Å². The summed E-state index contributed by atoms with van der Waals surface area (Å²) in [6.07, 6.45) is 1.35. The van der Waals surface area contributed by atoms with Crippen molar-refractivity contribution in [2.75, 3.05) is 17.3 Å². The molecule has 0 amide bonds. The molecule has 11 heteroatoms. The van der Waals surface area contributed by atoms with Crippen LogP contribution in [0.3, 0.4) is 0 Å². The number of hydrazone groups is 1. The minimum absolute atomic E-state index is 0.00703. The minimum Gasteiger partial charge on any atom is -0.507 e. The van der Waals surface area contributed by atoms with Gasteiger partial charge in [0.15, 0.2) is 0 Å². The number of nitrogens with one attached hydrogen (secondary N) is 2. The molecule has 178 valence electrons. The zero-order valence-corrected chi connectivity index (χ0v) is 19.2. The Morgan fingerprint density at radius 2 is 1.77 bits per heavy atom. The van der Waals surface area contributed by atoms with Crippen LogP contribution in [0, 0.1) is 10.1 Å². The Kier molecular flexibility index (Phi) is 6.51. The lowest BCUT2D eigenvalue weighted by Gasteiger charge is -2.12. The third kappa shape index (κ3) is 5.14. The van der Waals surface area contributed by atoms with Crippen LogP contribution in [0.2, 0.25) is 0 Å². The third-order valence-electron chi connectivity index (χ3n) is 5.13. The number of methoxy groups -OCH3 is 1. The topological polar surface area (TPSA) is 143 Å². The minimum atomic E-state index is -4.24. The van der Waals surface area contributed by atoms with E-state index < -0.39 is 20.6 Å². The van der Waals surface area contributed by atoms with Crippen molar-refractivity contribution in [3.8, 4) is 11.5 Å². The first-order valence-electron chi connectivity index (χ1n) is 10.2. The summed E-state index contributed by atoms with van der Waals surface area (Å²) in [6.45, 7) is 0. The number of ether oxygens (including phenoxy) is 1. The number of nitro benzene ring substituents is 1. The molecule has 0 spiro atoms. The van der Waals surface area contributed by atoms with Crippen molar-refractivity contribution in [2.24, 2.45) is 5.10 Å². The summed E-state index contributed by atoms with van der Waals surface area (Å²) >= 11 is 0. The Morgan fingerprint density at radius 1 is 1.03 bits per heavy atom. The molecule has 0 fully saturated rings. The number of hydrogen-bond donors (Lipinski definition) is 3. The highest BCUT2D eigenvalue weighted by Crippen LogP contribution is 2.29. The van der Waals surface area contributed by atoms with Crippen molar-refractivity contribution >= 4 is 44.1 Å². The number of benzene rings is 4. The number of aromatic hydroxyl groups is 1. The summed E-state index contributed by atoms with van der Waals surface area (Å²) in [5.74, 6) is 0.531. The highest BCUT2D eigenvalue weighted by molar-refractivity contribution is 7.92. The number of phenols is 1. The summed E-state index contributed by atoms with van der Waals surface area (Å²) in [7, 11) is -2.75. The molecule has 0 radical (unpaired) electrons. The van der Waals surface area contributed by atoms with E-state index in [1.165, 1.54) is 43.7 Å². The van der Waals surface area contributed by atoms with Gasteiger partial charge in [0.1, 0.15) is 16.4 Å². The van der Waals surface area contributed by atoms with Crippen LogP contribution in [0.5, 0.6) is 11.5 Å². The molecule has 0 aromatic heterocycles. The number of hydrogen-bond acceptors (Lipinski definition) is 8. The fourth-order valence-electron chi connectivity index (χ4n) is 3.39. The van der Waals surface area contributed by atoms with E-state index in [-0.39, 0.29) is 22.0 Å². The lowest BCUT2D eigenvalue weighted by molar-refractivity contribution is -0.385. The van der Waals surface area contributed by atoms with Gasteiger partial charge in [-0.25, -0.2) is 8.42 Å². The lowest BCUT2D eigenvalue weighted by Crippen LogP contribution is -2.15. The first kappa shape index (κ1) is 23.5. The highest BCUT2D eigenvalue weighted by atomic mass is 32.2. The first-order valence-corrected chi connectivity index (χ1v) is 11.7. The molecule has 4 rings (SSSR count). The normalized spacial score (nSPS) is 11.5. The number of rotatable bonds is 8. The maximum Gasteiger partial charge on any atom is 0.270 e. The molecule has 0 saturated heterocycles. The Balaban J connectivity index is 1.68. The third-order valence-corrected chi connectivity index (χ3v) is 6.56. The standard InChI is InChI=1S/C24H20N4O6S/c1-34-19-10-7-17(8-11-19)27-35(32,33)24-14-18(28(30)31)9-12-22(24)26-25-15-21-20-5-3-2-4-16(20)6-13-23(21)29/h2-15,26-27,29H,1H3. The van der Waals surface area contributed by atoms with Gasteiger partial charge in [0.25, 0.3) is 15.7 Å². The largest absolute Gasteiger partial charge is 0.507 e. The number of sulfonamides is 1. The van der Waals surface area contributed by atoms with Crippen LogP contribution in [0.4, 0.5) is 17.1 Å². The quantitative estimate of drug-likeness (QED) is 0.184. The van der Waals surface area contributed by atoms with Gasteiger partial charge in [-0.2, -0.15) is 5.10 Å². The van der Waals surface area contributed by atoms with Crippen molar-refractivity contribution in [1.29, 1.82) is 0 Å². The van der Waals surface area contributed by atoms with Crippen molar-refractivity contribution in [3.05, 3.63) is 94.5 Å². The Labute approximate surface area is 200 Å². The molecule has 10 nitrogen and oxygen atoms in total. The van der Waals surface area contributed by atoms with Gasteiger partial charge in [-0.1, -0.05) is 30.3 Å². The second kappa shape index (κ2) is 9.69. The highest BCUT2D eigenvalue weighted by Gasteiger charge is 2.23. The molecule has 0 aliphatic carbocycles. The monoisotopic (exact) mass is 492 g/mol. The Hall–Kier alpha value is -4.64. The molecular weight excluding hydrogens is 472 g/mol. The number of phenolic OH excluding ortho intramolecular Hbond substituents is 1. The summed E-state index contributed by atoms with van der Waals surface area (Å²) in [6, 6.07) is 20.2. The van der Waals surface area contributed by atoms with Crippen LogP contribution in [0.15, 0.2) is 88.9 Å². The second-order valence-electron chi connectivity index (χ2n) is 7.36. The summed E-state index contributed by atoms with van der Waals surface area (Å²) in [4.78, 5) is 10.2. The van der Waals surface area contributed by atoms with Crippen molar-refractivity contribution in [3.63, 3.8) is 0 Å². The van der Waals surface area contributed by atoms with Gasteiger partial charge < -0.3 is 9.84 Å². The zero-order valence-electron chi connectivity index (χ0n) is 18.4. The molecule has 0 unspecified atom stereocenters. The van der Waals surface area contributed by atoms with Crippen LogP contribution in [0.1, 0.15) is 5.56 Å². The van der Waals surface area contributed by atoms with E-state index >= 15 is 0 Å². The summed E-state index contributed by atoms with van der Waals surface area (Å²) in [5, 5.41) is 27.3. The van der Waals surface area contributed by atoms with Gasteiger partial charge in [0, 0.05) is 23.4 Å². The lowest BCUT2D eigenvalue weighted by atomic mass is 10.0. The van der Waals surface area contributed by atoms with Gasteiger partial charge >= 0.3 is 0 Å². The van der Waals surface area contributed by atoms with Crippen molar-refractivity contribution in [2.45, 2.75) is 4.90 Å². The molecule has 0 heterocycles. The van der Waals surface area contributed by atoms with E-state index in [0.717, 1.165) is 16.8 Å². The number of anilines is 2. The molecule has 0 atom stereocenters. The average molecular weight is 493 g/mol. The molecule has 35 heavy (non-hydrogen) atoms. The Bertz CT molecular complexity index is 1540. The van der Waals surface area contributed by atoms with Crippen LogP contribution in [0.25, 0.3) is 10.8 Å². The summed E-state index contributed by atoms with van der Waals surface area (Å²) < 4.78 is 33.7. The second-order valence-corrected chi connectivity index (χ2v) is 9.01. The zero-order chi connectivity index (χ0) is 25.0. The van der Waals surface area contributed by atoms with Crippen LogP contribution < -0.4 is 14.9 Å². The predicted molar refractivity (Wildman–Crippen MR) is 134 cm³/mol. The van der Waals surface area contributed by atoms with Crippen LogP contribution in [-0.2, 0) is 10.0 Å². The van der Waals surface area contributed by atoms with Gasteiger partial charge in [-0.3, -0.25) is 20.3 Å². The number of non-ortho nitro benzene ring substituents is 1. The van der Waals surface area contributed by atoms with Gasteiger partial charge in [-0.15, -0.1) is 0 Å². The molecule has 4 aromatic carbocycles. The average Bonchev–Trinajstić information content (AvgIpc) is 2.85. The molecule has 0 saturated carbocycles. The number of nitro groups is 1. The smallest absolute Gasteiger partial charge is 0.270 e. The molecule has 0 aliphatic heterocycles. The molecule has 3 N–H and O–H groups in total. The van der Waals surface area contributed by atoms with Crippen molar-refractivity contribution in [1.82, 2.24) is 0 Å². The molecule has 0 aliphatic rings. The number of fused-ring (bicyclic) bond motifs is 1. The van der Waals surface area contributed by atoms with Crippen LogP contribution in [-0.4, -0.2) is 31.8 Å². The van der Waals surface area contributed by atoms with Gasteiger partial charge in [0.05, 0.1) is 23.9 Å². The fourth-order valence-corrected chi connectivity index (χ4v) is 4.63. The van der Waals surface area contributed by atoms with E-state index in [2.05, 4.69) is 15.2 Å².